The fourth-order valence-corrected chi connectivity index (χ4v) is 2.81. The Bertz CT molecular complexity index is 756. The highest BCUT2D eigenvalue weighted by Crippen LogP contribution is 2.21. The zero-order valence-corrected chi connectivity index (χ0v) is 13.7. The lowest BCUT2D eigenvalue weighted by Crippen LogP contribution is -2.37. The molecule has 122 valence electrons. The second-order valence-electron chi connectivity index (χ2n) is 6.25. The van der Waals surface area contributed by atoms with Gasteiger partial charge in [0.15, 0.2) is 0 Å². The van der Waals surface area contributed by atoms with Crippen molar-refractivity contribution in [2.45, 2.75) is 19.8 Å². The minimum Gasteiger partial charge on any atom is -0.354 e. The molecule has 1 aromatic carbocycles. The molecule has 3 rings (SSSR count). The monoisotopic (exact) mass is 320 g/mol. The summed E-state index contributed by atoms with van der Waals surface area (Å²) in [4.78, 5) is 18.7. The van der Waals surface area contributed by atoms with Gasteiger partial charge in [-0.1, -0.05) is 6.92 Å². The number of carbonyl (C=O) groups excluding carboxylic acids is 1. The lowest BCUT2D eigenvalue weighted by atomic mass is 9.99. The summed E-state index contributed by atoms with van der Waals surface area (Å²) in [7, 11) is 0. The van der Waals surface area contributed by atoms with Gasteiger partial charge in [-0.15, -0.1) is 0 Å². The summed E-state index contributed by atoms with van der Waals surface area (Å²) in [5, 5.41) is 12.1. The third-order valence-corrected chi connectivity index (χ3v) is 4.36. The molecule has 1 N–H and O–H groups in total. The lowest BCUT2D eigenvalue weighted by molar-refractivity contribution is 0.0697. The van der Waals surface area contributed by atoms with E-state index in [-0.39, 0.29) is 5.91 Å². The predicted octanol–water partition coefficient (Wildman–Crippen LogP) is 3.57. The van der Waals surface area contributed by atoms with Gasteiger partial charge >= 0.3 is 0 Å². The van der Waals surface area contributed by atoms with E-state index in [4.69, 9.17) is 5.26 Å². The van der Waals surface area contributed by atoms with E-state index in [1.54, 1.807) is 24.5 Å². The molecule has 0 aliphatic carbocycles. The fraction of sp³-hybridized carbons (Fsp3) is 0.316. The fourth-order valence-electron chi connectivity index (χ4n) is 2.81. The van der Waals surface area contributed by atoms with Gasteiger partial charge in [0, 0.05) is 25.0 Å². The highest BCUT2D eigenvalue weighted by atomic mass is 16.2. The molecule has 0 unspecified atom stereocenters. The number of aromatic nitrogens is 1. The Morgan fingerprint density at radius 1 is 1.21 bits per heavy atom. The van der Waals surface area contributed by atoms with Crippen molar-refractivity contribution in [1.29, 1.82) is 5.26 Å². The molecule has 1 fully saturated rings. The van der Waals surface area contributed by atoms with Crippen molar-refractivity contribution in [1.82, 2.24) is 9.88 Å². The number of hydrogen-bond donors (Lipinski definition) is 1. The Kier molecular flexibility index (Phi) is 4.76. The average molecular weight is 320 g/mol. The molecule has 24 heavy (non-hydrogen) atoms. The molecule has 1 aliphatic rings. The van der Waals surface area contributed by atoms with Crippen LogP contribution in [-0.2, 0) is 0 Å². The minimum absolute atomic E-state index is 0.0397. The highest BCUT2D eigenvalue weighted by molar-refractivity contribution is 5.95. The number of nitrogens with one attached hydrogen (secondary N) is 1. The molecule has 0 saturated carbocycles. The van der Waals surface area contributed by atoms with Crippen molar-refractivity contribution in [3.63, 3.8) is 0 Å². The molecular formula is C19H20N4O. The Labute approximate surface area is 141 Å². The number of nitriles is 1. The Morgan fingerprint density at radius 2 is 1.92 bits per heavy atom. The molecule has 2 aromatic rings. The van der Waals surface area contributed by atoms with Crippen molar-refractivity contribution in [3.05, 3.63) is 53.9 Å². The quantitative estimate of drug-likeness (QED) is 0.938. The molecule has 0 bridgehead atoms. The van der Waals surface area contributed by atoms with Crippen molar-refractivity contribution in [3.8, 4) is 6.07 Å². The number of carbonyl (C=O) groups is 1. The molecule has 1 aromatic heterocycles. The van der Waals surface area contributed by atoms with Gasteiger partial charge in [-0.25, -0.2) is 0 Å². The first-order chi connectivity index (χ1) is 11.7. The van der Waals surface area contributed by atoms with E-state index in [2.05, 4.69) is 23.3 Å². The third kappa shape index (κ3) is 3.72. The zero-order chi connectivity index (χ0) is 16.9. The molecule has 0 spiro atoms. The first-order valence-electron chi connectivity index (χ1n) is 8.17. The number of rotatable bonds is 3. The molecule has 5 heteroatoms. The standard InChI is InChI=1S/C19H20N4O/c1-14-6-8-23(9-7-14)19(24)16-10-18(13-21-12-16)22-17-4-2-15(11-20)3-5-17/h2-5,10,12-14,22H,6-9H2,1H3. The van der Waals surface area contributed by atoms with Crippen LogP contribution in [0.1, 0.15) is 35.7 Å². The SMILES string of the molecule is CC1CCN(C(=O)c2cncc(Nc3ccc(C#N)cc3)c2)CC1. The van der Waals surface area contributed by atoms with Crippen LogP contribution in [-0.4, -0.2) is 28.9 Å². The van der Waals surface area contributed by atoms with Crippen molar-refractivity contribution in [2.24, 2.45) is 5.92 Å². The second kappa shape index (κ2) is 7.14. The van der Waals surface area contributed by atoms with Crippen molar-refractivity contribution < 1.29 is 4.79 Å². The number of hydrogen-bond acceptors (Lipinski definition) is 4. The number of likely N-dealkylation sites (tertiary alicyclic amines) is 1. The van der Waals surface area contributed by atoms with Crippen molar-refractivity contribution >= 4 is 17.3 Å². The van der Waals surface area contributed by atoms with Gasteiger partial charge in [-0.3, -0.25) is 9.78 Å². The highest BCUT2D eigenvalue weighted by Gasteiger charge is 2.21. The average Bonchev–Trinajstić information content (AvgIpc) is 2.63. The van der Waals surface area contributed by atoms with Gasteiger partial charge < -0.3 is 10.2 Å². The number of pyridine rings is 1. The minimum atomic E-state index is 0.0397. The van der Waals surface area contributed by atoms with Crippen LogP contribution in [0.15, 0.2) is 42.7 Å². The number of nitrogens with zero attached hydrogens (tertiary/aromatic N) is 3. The molecule has 1 amide bonds. The molecule has 5 nitrogen and oxygen atoms in total. The Balaban J connectivity index is 1.71. The van der Waals surface area contributed by atoms with Crippen LogP contribution in [0.25, 0.3) is 0 Å². The molecule has 1 aliphatic heterocycles. The Hall–Kier alpha value is -2.87. The Morgan fingerprint density at radius 3 is 2.58 bits per heavy atom. The predicted molar refractivity (Wildman–Crippen MR) is 93.0 cm³/mol. The molecule has 1 saturated heterocycles. The molecule has 0 atom stereocenters. The van der Waals surface area contributed by atoms with Crippen LogP contribution in [0.4, 0.5) is 11.4 Å². The summed E-state index contributed by atoms with van der Waals surface area (Å²) in [5.41, 5.74) is 2.83. The van der Waals surface area contributed by atoms with Gasteiger partial charge in [0.25, 0.3) is 5.91 Å². The molecule has 2 heterocycles. The van der Waals surface area contributed by atoms with E-state index in [0.717, 1.165) is 37.3 Å². The van der Waals surface area contributed by atoms with E-state index in [9.17, 15) is 4.79 Å². The topological polar surface area (TPSA) is 69.0 Å². The summed E-state index contributed by atoms with van der Waals surface area (Å²) in [6, 6.07) is 11.1. The van der Waals surface area contributed by atoms with Gasteiger partial charge in [-0.05, 0) is 49.1 Å². The smallest absolute Gasteiger partial charge is 0.255 e. The lowest BCUT2D eigenvalue weighted by Gasteiger charge is -2.30. The maximum absolute atomic E-state index is 12.6. The number of piperidine rings is 1. The van der Waals surface area contributed by atoms with Crippen molar-refractivity contribution in [2.75, 3.05) is 18.4 Å². The number of anilines is 2. The number of amides is 1. The van der Waals surface area contributed by atoms with Gasteiger partial charge in [0.05, 0.1) is 29.1 Å². The van der Waals surface area contributed by atoms with E-state index < -0.39 is 0 Å². The van der Waals surface area contributed by atoms with E-state index >= 15 is 0 Å². The first kappa shape index (κ1) is 16.0. The van der Waals surface area contributed by atoms with Crippen LogP contribution < -0.4 is 5.32 Å². The maximum Gasteiger partial charge on any atom is 0.255 e. The van der Waals surface area contributed by atoms with E-state index in [1.165, 1.54) is 0 Å². The van der Waals surface area contributed by atoms with Gasteiger partial charge in [0.2, 0.25) is 0 Å². The van der Waals surface area contributed by atoms with Crippen LogP contribution >= 0.6 is 0 Å². The summed E-state index contributed by atoms with van der Waals surface area (Å²) in [6.45, 7) is 3.85. The summed E-state index contributed by atoms with van der Waals surface area (Å²) < 4.78 is 0. The first-order valence-corrected chi connectivity index (χ1v) is 8.17. The molecule has 0 radical (unpaired) electrons. The van der Waals surface area contributed by atoms with Crippen LogP contribution in [0.2, 0.25) is 0 Å². The van der Waals surface area contributed by atoms with Gasteiger partial charge in [0.1, 0.15) is 0 Å². The summed E-state index contributed by atoms with van der Waals surface area (Å²) in [5.74, 6) is 0.731. The second-order valence-corrected chi connectivity index (χ2v) is 6.25. The van der Waals surface area contributed by atoms with Gasteiger partial charge in [-0.2, -0.15) is 5.26 Å². The van der Waals surface area contributed by atoms with Crippen LogP contribution in [0.5, 0.6) is 0 Å². The summed E-state index contributed by atoms with van der Waals surface area (Å²) >= 11 is 0. The zero-order valence-electron chi connectivity index (χ0n) is 13.7. The summed E-state index contributed by atoms with van der Waals surface area (Å²) in [6.07, 6.45) is 5.42. The van der Waals surface area contributed by atoms with Crippen LogP contribution in [0.3, 0.4) is 0 Å². The molecular weight excluding hydrogens is 300 g/mol. The van der Waals surface area contributed by atoms with E-state index in [0.29, 0.717) is 17.0 Å². The third-order valence-electron chi connectivity index (χ3n) is 4.36. The normalized spacial score (nSPS) is 14.9. The maximum atomic E-state index is 12.6. The van der Waals surface area contributed by atoms with Crippen LogP contribution in [0, 0.1) is 17.2 Å². The largest absolute Gasteiger partial charge is 0.354 e. The number of benzene rings is 1. The van der Waals surface area contributed by atoms with E-state index in [1.807, 2.05) is 23.1 Å².